The zero-order valence-corrected chi connectivity index (χ0v) is 14.6. The highest BCUT2D eigenvalue weighted by atomic mass is 35.5. The number of nitrogens with zero attached hydrogens (tertiary/aromatic N) is 2. The van der Waals surface area contributed by atoms with Crippen molar-refractivity contribution in [1.82, 2.24) is 4.57 Å². The van der Waals surface area contributed by atoms with Crippen molar-refractivity contribution < 1.29 is 4.79 Å². The van der Waals surface area contributed by atoms with Crippen LogP contribution in [-0.2, 0) is 7.05 Å². The lowest BCUT2D eigenvalue weighted by Gasteiger charge is -2.21. The third-order valence-electron chi connectivity index (χ3n) is 4.24. The van der Waals surface area contributed by atoms with Crippen molar-refractivity contribution in [3.05, 3.63) is 57.0 Å². The molecule has 1 aliphatic rings. The summed E-state index contributed by atoms with van der Waals surface area (Å²) in [5.74, 6) is -0.199. The first-order valence-corrected chi connectivity index (χ1v) is 8.36. The zero-order chi connectivity index (χ0) is 17.3. The average molecular weight is 346 g/mol. The first-order chi connectivity index (χ1) is 11.5. The van der Waals surface area contributed by atoms with Crippen LogP contribution in [0.1, 0.15) is 28.8 Å². The SMILES string of the molecule is Cc1ccc(N2CCCC2)c(C(=O)Nc2cc(Cl)c(=O)n(C)c2)c1. The Balaban J connectivity index is 1.92. The minimum atomic E-state index is -0.289. The van der Waals surface area contributed by atoms with Gasteiger partial charge in [-0.25, -0.2) is 0 Å². The van der Waals surface area contributed by atoms with Gasteiger partial charge in [0, 0.05) is 32.0 Å². The molecule has 1 N–H and O–H groups in total. The Morgan fingerprint density at radius 2 is 1.92 bits per heavy atom. The number of pyridine rings is 1. The first-order valence-electron chi connectivity index (χ1n) is 7.99. The monoisotopic (exact) mass is 345 g/mol. The van der Waals surface area contributed by atoms with Crippen molar-refractivity contribution in [3.63, 3.8) is 0 Å². The highest BCUT2D eigenvalue weighted by molar-refractivity contribution is 6.30. The maximum absolute atomic E-state index is 12.8. The molecule has 2 aromatic rings. The smallest absolute Gasteiger partial charge is 0.269 e. The van der Waals surface area contributed by atoms with Crippen LogP contribution < -0.4 is 15.8 Å². The van der Waals surface area contributed by atoms with Gasteiger partial charge in [-0.2, -0.15) is 0 Å². The third-order valence-corrected chi connectivity index (χ3v) is 4.51. The van der Waals surface area contributed by atoms with Crippen LogP contribution in [0.2, 0.25) is 5.02 Å². The summed E-state index contributed by atoms with van der Waals surface area (Å²) in [6.07, 6.45) is 3.86. The van der Waals surface area contributed by atoms with E-state index in [4.69, 9.17) is 11.6 Å². The molecule has 0 bridgehead atoms. The fourth-order valence-electron chi connectivity index (χ4n) is 3.00. The van der Waals surface area contributed by atoms with E-state index >= 15 is 0 Å². The van der Waals surface area contributed by atoms with E-state index in [1.165, 1.54) is 10.6 Å². The lowest BCUT2D eigenvalue weighted by molar-refractivity contribution is 0.102. The number of carbonyl (C=O) groups is 1. The van der Waals surface area contributed by atoms with Gasteiger partial charge in [-0.1, -0.05) is 23.2 Å². The number of rotatable bonds is 3. The molecule has 0 unspecified atom stereocenters. The van der Waals surface area contributed by atoms with Gasteiger partial charge < -0.3 is 14.8 Å². The van der Waals surface area contributed by atoms with Gasteiger partial charge in [0.1, 0.15) is 5.02 Å². The minimum Gasteiger partial charge on any atom is -0.371 e. The predicted octanol–water partition coefficient (Wildman–Crippen LogP) is 3.20. The van der Waals surface area contributed by atoms with Crippen molar-refractivity contribution in [1.29, 1.82) is 0 Å². The first kappa shape index (κ1) is 16.6. The van der Waals surface area contributed by atoms with Crippen LogP contribution in [0.25, 0.3) is 0 Å². The summed E-state index contributed by atoms with van der Waals surface area (Å²) in [6.45, 7) is 3.90. The molecular weight excluding hydrogens is 326 g/mol. The number of halogens is 1. The summed E-state index contributed by atoms with van der Waals surface area (Å²) in [5.41, 5.74) is 2.83. The van der Waals surface area contributed by atoms with Gasteiger partial charge in [-0.3, -0.25) is 9.59 Å². The number of hydrogen-bond acceptors (Lipinski definition) is 3. The van der Waals surface area contributed by atoms with Gasteiger partial charge in [0.2, 0.25) is 0 Å². The van der Waals surface area contributed by atoms with Crippen LogP contribution >= 0.6 is 11.6 Å². The molecule has 0 saturated carbocycles. The highest BCUT2D eigenvalue weighted by Crippen LogP contribution is 2.26. The highest BCUT2D eigenvalue weighted by Gasteiger charge is 2.20. The summed E-state index contributed by atoms with van der Waals surface area (Å²) < 4.78 is 1.36. The number of benzene rings is 1. The minimum absolute atomic E-state index is 0.0827. The Bertz CT molecular complexity index is 812. The normalized spacial score (nSPS) is 14.0. The molecule has 24 heavy (non-hydrogen) atoms. The molecule has 126 valence electrons. The Labute approximate surface area is 145 Å². The summed E-state index contributed by atoms with van der Waals surface area (Å²) in [4.78, 5) is 26.7. The second-order valence-electron chi connectivity index (χ2n) is 6.16. The molecule has 3 rings (SSSR count). The van der Waals surface area contributed by atoms with E-state index in [0.29, 0.717) is 11.3 Å². The van der Waals surface area contributed by atoms with Gasteiger partial charge in [0.15, 0.2) is 0 Å². The fraction of sp³-hybridized carbons (Fsp3) is 0.333. The van der Waals surface area contributed by atoms with Crippen LogP contribution in [0.5, 0.6) is 0 Å². The van der Waals surface area contributed by atoms with Crippen LogP contribution in [0, 0.1) is 6.92 Å². The summed E-state index contributed by atoms with van der Waals surface area (Å²) >= 11 is 5.92. The van der Waals surface area contributed by atoms with Gasteiger partial charge >= 0.3 is 0 Å². The van der Waals surface area contributed by atoms with E-state index in [9.17, 15) is 9.59 Å². The molecule has 1 amide bonds. The molecule has 1 aromatic heterocycles. The molecule has 6 heteroatoms. The largest absolute Gasteiger partial charge is 0.371 e. The van der Waals surface area contributed by atoms with Crippen molar-refractivity contribution in [2.45, 2.75) is 19.8 Å². The van der Waals surface area contributed by atoms with Gasteiger partial charge in [-0.05, 0) is 38.0 Å². The number of amides is 1. The second kappa shape index (κ2) is 6.69. The van der Waals surface area contributed by atoms with Crippen LogP contribution in [0.15, 0.2) is 35.3 Å². The van der Waals surface area contributed by atoms with Crippen molar-refractivity contribution in [2.24, 2.45) is 7.05 Å². The number of hydrogen-bond donors (Lipinski definition) is 1. The lowest BCUT2D eigenvalue weighted by atomic mass is 10.1. The molecule has 1 aliphatic heterocycles. The fourth-order valence-corrected chi connectivity index (χ4v) is 3.25. The number of nitrogens with one attached hydrogen (secondary N) is 1. The predicted molar refractivity (Wildman–Crippen MR) is 97.3 cm³/mol. The maximum atomic E-state index is 12.8. The maximum Gasteiger partial charge on any atom is 0.269 e. The van der Waals surface area contributed by atoms with Gasteiger partial charge in [0.25, 0.3) is 11.5 Å². The Morgan fingerprint density at radius 3 is 2.58 bits per heavy atom. The Morgan fingerprint density at radius 1 is 1.21 bits per heavy atom. The van der Waals surface area contributed by atoms with Crippen molar-refractivity contribution >= 4 is 28.9 Å². The third kappa shape index (κ3) is 3.31. The molecule has 0 atom stereocenters. The van der Waals surface area contributed by atoms with E-state index in [1.807, 2.05) is 25.1 Å². The van der Waals surface area contributed by atoms with Crippen LogP contribution in [-0.4, -0.2) is 23.6 Å². The molecule has 2 heterocycles. The second-order valence-corrected chi connectivity index (χ2v) is 6.57. The summed E-state index contributed by atoms with van der Waals surface area (Å²) in [7, 11) is 1.60. The number of anilines is 2. The number of carbonyl (C=O) groups excluding carboxylic acids is 1. The zero-order valence-electron chi connectivity index (χ0n) is 13.8. The molecule has 0 spiro atoms. The molecule has 5 nitrogen and oxygen atoms in total. The molecular formula is C18H20ClN3O2. The van der Waals surface area contributed by atoms with Crippen LogP contribution in [0.4, 0.5) is 11.4 Å². The quantitative estimate of drug-likeness (QED) is 0.929. The molecule has 1 fully saturated rings. The molecule has 0 radical (unpaired) electrons. The average Bonchev–Trinajstić information content (AvgIpc) is 3.06. The standard InChI is InChI=1S/C18H20ClN3O2/c1-12-5-6-16(22-7-3-4-8-22)14(9-12)17(23)20-13-10-15(19)18(24)21(2)11-13/h5-6,9-11H,3-4,7-8H2,1-2H3,(H,20,23). The Hall–Kier alpha value is -2.27. The van der Waals surface area contributed by atoms with Crippen LogP contribution in [0.3, 0.4) is 0 Å². The molecule has 1 saturated heterocycles. The topological polar surface area (TPSA) is 54.3 Å². The number of aryl methyl sites for hydroxylation is 2. The van der Waals surface area contributed by atoms with E-state index in [2.05, 4.69) is 10.2 Å². The van der Waals surface area contributed by atoms with Gasteiger partial charge in [0.05, 0.1) is 11.3 Å². The van der Waals surface area contributed by atoms with Gasteiger partial charge in [-0.15, -0.1) is 0 Å². The Kier molecular flexibility index (Phi) is 4.62. The van der Waals surface area contributed by atoms with E-state index < -0.39 is 0 Å². The van der Waals surface area contributed by atoms with E-state index in [-0.39, 0.29) is 16.5 Å². The van der Waals surface area contributed by atoms with E-state index in [0.717, 1.165) is 37.2 Å². The molecule has 1 aromatic carbocycles. The summed E-state index contributed by atoms with van der Waals surface area (Å²) in [5, 5.41) is 2.93. The lowest BCUT2D eigenvalue weighted by Crippen LogP contribution is -2.24. The molecule has 0 aliphatic carbocycles. The van der Waals surface area contributed by atoms with Crippen molar-refractivity contribution in [3.8, 4) is 0 Å². The van der Waals surface area contributed by atoms with E-state index in [1.54, 1.807) is 13.2 Å². The summed E-state index contributed by atoms with van der Waals surface area (Å²) in [6, 6.07) is 7.40. The van der Waals surface area contributed by atoms with Crippen molar-refractivity contribution in [2.75, 3.05) is 23.3 Å². The number of aromatic nitrogens is 1.